The Morgan fingerprint density at radius 3 is 1.75 bits per heavy atom. The maximum Gasteiger partial charge on any atom is 0.0618 e. The highest BCUT2D eigenvalue weighted by molar-refractivity contribution is 6.11. The van der Waals surface area contributed by atoms with Gasteiger partial charge in [0.05, 0.1) is 17.1 Å². The van der Waals surface area contributed by atoms with E-state index in [0.717, 1.165) is 17.1 Å². The fraction of sp³-hybridized carbons (Fsp3) is 0.0526. The first-order valence-corrected chi connectivity index (χ1v) is 20.5. The first-order chi connectivity index (χ1) is 29.0. The predicted octanol–water partition coefficient (Wildman–Crippen LogP) is 16.1. The first-order valence-electron chi connectivity index (χ1n) is 20.5. The van der Waals surface area contributed by atoms with E-state index in [1.165, 1.54) is 82.8 Å². The maximum absolute atomic E-state index is 2.56. The van der Waals surface area contributed by atoms with Crippen LogP contribution in [-0.4, -0.2) is 0 Å². The molecule has 0 saturated carbocycles. The molecule has 0 amide bonds. The van der Waals surface area contributed by atoms with Gasteiger partial charge >= 0.3 is 0 Å². The molecule has 0 spiro atoms. The molecule has 0 N–H and O–H groups in total. The molecular formula is C57H42N2. The molecule has 10 aromatic rings. The molecular weight excluding hydrogens is 713 g/mol. The van der Waals surface area contributed by atoms with Crippen molar-refractivity contribution < 1.29 is 0 Å². The summed E-state index contributed by atoms with van der Waals surface area (Å²) in [6.07, 6.45) is 0. The highest BCUT2D eigenvalue weighted by atomic mass is 15.2. The van der Waals surface area contributed by atoms with Crippen LogP contribution >= 0.6 is 0 Å². The van der Waals surface area contributed by atoms with Gasteiger partial charge in [0.25, 0.3) is 0 Å². The standard InChI is InChI=1S/C57H42N2/c1-57(2)52-27-12-13-28-53(52)59(56-49-24-11-9-18-41(49)33-37-51(56)50-26-14-20-40-17-8-10-23-47(40)50)54-29-15-25-48(55(54)57)42-31-34-45(35-32-42)58(44-21-4-3-5-22-44)46-36-30-39-16-6-7-19-43(39)38-46/h3-38H,1-2H3. The Morgan fingerprint density at radius 2 is 0.932 bits per heavy atom. The summed E-state index contributed by atoms with van der Waals surface area (Å²) in [5.74, 6) is 0. The van der Waals surface area contributed by atoms with Crippen LogP contribution in [0.5, 0.6) is 0 Å². The summed E-state index contributed by atoms with van der Waals surface area (Å²) >= 11 is 0. The van der Waals surface area contributed by atoms with Crippen LogP contribution in [0.1, 0.15) is 25.0 Å². The van der Waals surface area contributed by atoms with Gasteiger partial charge in [0.1, 0.15) is 0 Å². The number of hydrogen-bond donors (Lipinski definition) is 0. The van der Waals surface area contributed by atoms with Crippen LogP contribution < -0.4 is 9.80 Å². The van der Waals surface area contributed by atoms with Gasteiger partial charge in [-0.05, 0) is 103 Å². The van der Waals surface area contributed by atoms with Crippen molar-refractivity contribution in [2.24, 2.45) is 0 Å². The summed E-state index contributed by atoms with van der Waals surface area (Å²) in [7, 11) is 0. The lowest BCUT2D eigenvalue weighted by molar-refractivity contribution is 0.634. The van der Waals surface area contributed by atoms with Crippen LogP contribution in [0.4, 0.5) is 34.1 Å². The van der Waals surface area contributed by atoms with Gasteiger partial charge in [0.2, 0.25) is 0 Å². The molecule has 0 aliphatic carbocycles. The van der Waals surface area contributed by atoms with Gasteiger partial charge in [-0.15, -0.1) is 0 Å². The van der Waals surface area contributed by atoms with Crippen molar-refractivity contribution in [2.45, 2.75) is 19.3 Å². The van der Waals surface area contributed by atoms with E-state index in [2.05, 4.69) is 242 Å². The van der Waals surface area contributed by atoms with Crippen LogP contribution in [0.15, 0.2) is 218 Å². The normalized spacial score (nSPS) is 13.0. The SMILES string of the molecule is CC1(C)c2ccccc2N(c2c(-c3cccc4ccccc34)ccc3ccccc23)c2cccc(-c3ccc(N(c4ccccc4)c4ccc5ccccc5c4)cc3)c21. The van der Waals surface area contributed by atoms with E-state index in [1.54, 1.807) is 0 Å². The van der Waals surface area contributed by atoms with E-state index in [9.17, 15) is 0 Å². The molecule has 0 unspecified atom stereocenters. The molecule has 0 radical (unpaired) electrons. The molecule has 0 aromatic heterocycles. The second-order valence-electron chi connectivity index (χ2n) is 16.1. The molecule has 11 rings (SSSR count). The maximum atomic E-state index is 2.56. The Bertz CT molecular complexity index is 3190. The fourth-order valence-electron chi connectivity index (χ4n) is 9.63. The summed E-state index contributed by atoms with van der Waals surface area (Å²) < 4.78 is 0. The zero-order chi connectivity index (χ0) is 39.5. The quantitative estimate of drug-likeness (QED) is 0.167. The lowest BCUT2D eigenvalue weighted by Gasteiger charge is -2.44. The highest BCUT2D eigenvalue weighted by Gasteiger charge is 2.39. The minimum Gasteiger partial charge on any atom is -0.310 e. The number of benzene rings is 10. The van der Waals surface area contributed by atoms with E-state index in [-0.39, 0.29) is 5.41 Å². The molecule has 1 heterocycles. The van der Waals surface area contributed by atoms with Crippen molar-refractivity contribution in [1.29, 1.82) is 0 Å². The van der Waals surface area contributed by atoms with Crippen LogP contribution in [0.3, 0.4) is 0 Å². The van der Waals surface area contributed by atoms with Crippen LogP contribution in [0.25, 0.3) is 54.6 Å². The summed E-state index contributed by atoms with van der Waals surface area (Å²) in [5, 5.41) is 7.39. The average Bonchev–Trinajstić information content (AvgIpc) is 3.29. The lowest BCUT2D eigenvalue weighted by Crippen LogP contribution is -2.31. The molecule has 0 saturated heterocycles. The van der Waals surface area contributed by atoms with Crippen LogP contribution in [-0.2, 0) is 5.41 Å². The molecule has 2 heteroatoms. The molecule has 2 nitrogen and oxygen atoms in total. The number of para-hydroxylation sites is 2. The summed E-state index contributed by atoms with van der Waals surface area (Å²) in [4.78, 5) is 4.91. The van der Waals surface area contributed by atoms with E-state index in [4.69, 9.17) is 0 Å². The van der Waals surface area contributed by atoms with Gasteiger partial charge in [-0.2, -0.15) is 0 Å². The minimum atomic E-state index is -0.289. The molecule has 59 heavy (non-hydrogen) atoms. The molecule has 10 aromatic carbocycles. The smallest absolute Gasteiger partial charge is 0.0618 e. The molecule has 1 aliphatic heterocycles. The van der Waals surface area contributed by atoms with E-state index in [0.29, 0.717) is 0 Å². The highest BCUT2D eigenvalue weighted by Crippen LogP contribution is 2.57. The van der Waals surface area contributed by atoms with E-state index < -0.39 is 0 Å². The number of rotatable bonds is 6. The predicted molar refractivity (Wildman–Crippen MR) is 251 cm³/mol. The Morgan fingerprint density at radius 1 is 0.373 bits per heavy atom. The third kappa shape index (κ3) is 5.71. The number of anilines is 6. The third-order valence-corrected chi connectivity index (χ3v) is 12.4. The average molecular weight is 755 g/mol. The Kier molecular flexibility index (Phi) is 8.20. The third-order valence-electron chi connectivity index (χ3n) is 12.4. The molecule has 0 atom stereocenters. The monoisotopic (exact) mass is 754 g/mol. The first kappa shape index (κ1) is 34.8. The number of fused-ring (bicyclic) bond motifs is 5. The summed E-state index contributed by atoms with van der Waals surface area (Å²) in [6.45, 7) is 4.79. The van der Waals surface area contributed by atoms with Gasteiger partial charge in [-0.1, -0.05) is 184 Å². The van der Waals surface area contributed by atoms with Crippen molar-refractivity contribution >= 4 is 66.4 Å². The fourth-order valence-corrected chi connectivity index (χ4v) is 9.63. The zero-order valence-electron chi connectivity index (χ0n) is 33.2. The zero-order valence-corrected chi connectivity index (χ0v) is 33.2. The van der Waals surface area contributed by atoms with Gasteiger partial charge in [0.15, 0.2) is 0 Å². The number of nitrogens with zero attached hydrogens (tertiary/aromatic N) is 2. The van der Waals surface area contributed by atoms with Crippen molar-refractivity contribution in [3.63, 3.8) is 0 Å². The molecule has 280 valence electrons. The minimum absolute atomic E-state index is 0.289. The van der Waals surface area contributed by atoms with Crippen molar-refractivity contribution in [3.8, 4) is 22.3 Å². The molecule has 0 bridgehead atoms. The van der Waals surface area contributed by atoms with Gasteiger partial charge in [-0.3, -0.25) is 0 Å². The van der Waals surface area contributed by atoms with Gasteiger partial charge in [0, 0.05) is 33.4 Å². The van der Waals surface area contributed by atoms with Gasteiger partial charge in [-0.25, -0.2) is 0 Å². The molecule has 0 fully saturated rings. The topological polar surface area (TPSA) is 6.48 Å². The Hall–Kier alpha value is -7.42. The van der Waals surface area contributed by atoms with Crippen molar-refractivity contribution in [3.05, 3.63) is 230 Å². The molecule has 1 aliphatic rings. The summed E-state index contributed by atoms with van der Waals surface area (Å²) in [6, 6.07) is 80.0. The number of hydrogen-bond acceptors (Lipinski definition) is 2. The Labute approximate surface area is 345 Å². The van der Waals surface area contributed by atoms with Crippen molar-refractivity contribution in [1.82, 2.24) is 0 Å². The summed E-state index contributed by atoms with van der Waals surface area (Å²) in [5.41, 5.74) is 14.2. The van der Waals surface area contributed by atoms with E-state index in [1.807, 2.05) is 0 Å². The van der Waals surface area contributed by atoms with Crippen LogP contribution in [0, 0.1) is 0 Å². The second kappa shape index (κ2) is 13.9. The van der Waals surface area contributed by atoms with Crippen molar-refractivity contribution in [2.75, 3.05) is 9.80 Å². The van der Waals surface area contributed by atoms with E-state index >= 15 is 0 Å². The second-order valence-corrected chi connectivity index (χ2v) is 16.1. The Balaban J connectivity index is 1.11. The van der Waals surface area contributed by atoms with Crippen LogP contribution in [0.2, 0.25) is 0 Å². The van der Waals surface area contributed by atoms with Gasteiger partial charge < -0.3 is 9.80 Å². The lowest BCUT2D eigenvalue weighted by atomic mass is 9.70. The largest absolute Gasteiger partial charge is 0.310 e.